The van der Waals surface area contributed by atoms with E-state index in [1.165, 1.54) is 24.0 Å². The van der Waals surface area contributed by atoms with Crippen LogP contribution < -0.4 is 40.2 Å². The largest absolute Gasteiger partial charge is 1.00 e. The van der Waals surface area contributed by atoms with Crippen LogP contribution in [0.3, 0.4) is 0 Å². The van der Waals surface area contributed by atoms with Crippen molar-refractivity contribution in [3.05, 3.63) is 131 Å². The average molecular weight is 672 g/mol. The monoisotopic (exact) mass is 671 g/mol. The number of hydrogen-bond acceptors (Lipinski definition) is 6. The van der Waals surface area contributed by atoms with Crippen molar-refractivity contribution in [2.24, 2.45) is 0 Å². The number of anilines is 1. The zero-order valence-electron chi connectivity index (χ0n) is 27.8. The topological polar surface area (TPSA) is 121 Å². The molecule has 0 radical (unpaired) electrons. The number of fused-ring (bicyclic) bond motifs is 1. The van der Waals surface area contributed by atoms with Gasteiger partial charge in [-0.25, -0.2) is 4.21 Å². The van der Waals surface area contributed by atoms with E-state index in [0.29, 0.717) is 17.7 Å². The van der Waals surface area contributed by atoms with Gasteiger partial charge in [-0.15, -0.1) is 0 Å². The Labute approximate surface area is 306 Å². The van der Waals surface area contributed by atoms with Gasteiger partial charge in [0.25, 0.3) is 5.91 Å². The molecule has 10 heteroatoms. The van der Waals surface area contributed by atoms with Crippen molar-refractivity contribution >= 4 is 45.4 Å². The smallest absolute Gasteiger partial charge is 1.00 e. The van der Waals surface area contributed by atoms with Crippen LogP contribution in [0.5, 0.6) is 0 Å². The fourth-order valence-electron chi connectivity index (χ4n) is 5.87. The summed E-state index contributed by atoms with van der Waals surface area (Å²) in [7, 11) is 0. The van der Waals surface area contributed by atoms with Crippen LogP contribution in [0.4, 0.5) is 5.69 Å². The van der Waals surface area contributed by atoms with Crippen molar-refractivity contribution in [2.75, 3.05) is 18.5 Å². The predicted octanol–water partition coefficient (Wildman–Crippen LogP) is 4.68. The second-order valence-electron chi connectivity index (χ2n) is 11.5. The second kappa shape index (κ2) is 17.0. The third-order valence-electron chi connectivity index (χ3n) is 8.38. The first-order valence-corrected chi connectivity index (χ1v) is 16.7. The molecule has 2 amide bonds. The molecule has 2 N–H and O–H groups in total. The fourth-order valence-corrected chi connectivity index (χ4v) is 6.09. The van der Waals surface area contributed by atoms with Gasteiger partial charge in [-0.2, -0.15) is 0 Å². The first kappa shape index (κ1) is 35.5. The summed E-state index contributed by atoms with van der Waals surface area (Å²) in [6.07, 6.45) is 7.32. The molecule has 0 saturated carbocycles. The van der Waals surface area contributed by atoms with Crippen molar-refractivity contribution < 1.29 is 57.9 Å². The Kier molecular flexibility index (Phi) is 12.6. The maximum absolute atomic E-state index is 13.9. The van der Waals surface area contributed by atoms with Crippen LogP contribution in [0.2, 0.25) is 0 Å². The average Bonchev–Trinajstić information content (AvgIpc) is 3.54. The van der Waals surface area contributed by atoms with Crippen LogP contribution >= 0.6 is 0 Å². The molecular weight excluding hydrogens is 635 g/mol. The molecule has 1 aromatic heterocycles. The molecule has 8 nitrogen and oxygen atoms in total. The molecule has 242 valence electrons. The Morgan fingerprint density at radius 3 is 2.33 bits per heavy atom. The van der Waals surface area contributed by atoms with Crippen LogP contribution in [-0.2, 0) is 26.8 Å². The maximum atomic E-state index is 13.9. The van der Waals surface area contributed by atoms with E-state index >= 15 is 0 Å². The minimum atomic E-state index is -2.62. The van der Waals surface area contributed by atoms with Crippen LogP contribution in [0, 0.1) is 0 Å². The first-order valence-electron chi connectivity index (χ1n) is 15.7. The molecular formula is C38H36N2NaO6S-. The molecule has 0 fully saturated rings. The van der Waals surface area contributed by atoms with E-state index in [4.69, 9.17) is 4.42 Å². The number of nitrogens with one attached hydrogen (secondary N) is 2. The van der Waals surface area contributed by atoms with Gasteiger partial charge in [0.05, 0.1) is 23.9 Å². The molecule has 0 aliphatic heterocycles. The summed E-state index contributed by atoms with van der Waals surface area (Å²) >= 11 is -2.62. The van der Waals surface area contributed by atoms with Gasteiger partial charge < -0.3 is 21.0 Å². The summed E-state index contributed by atoms with van der Waals surface area (Å²) in [6.45, 7) is -0.0849. The van der Waals surface area contributed by atoms with Crippen LogP contribution in [-0.4, -0.2) is 33.7 Å². The van der Waals surface area contributed by atoms with E-state index in [2.05, 4.69) is 33.0 Å². The van der Waals surface area contributed by atoms with E-state index in [0.717, 1.165) is 46.3 Å². The second-order valence-corrected chi connectivity index (χ2v) is 12.2. The number of carbonyl (C=O) groups excluding carboxylic acids is 2. The molecule has 4 aromatic carbocycles. The number of rotatable bonds is 12. The molecule has 2 unspecified atom stereocenters. The molecule has 6 rings (SSSR count). The van der Waals surface area contributed by atoms with Crippen molar-refractivity contribution in [3.63, 3.8) is 0 Å². The number of amides is 2. The van der Waals surface area contributed by atoms with Crippen LogP contribution in [0.15, 0.2) is 114 Å². The zero-order valence-corrected chi connectivity index (χ0v) is 29.6. The summed E-state index contributed by atoms with van der Waals surface area (Å²) in [5.41, 5.74) is 7.19. The van der Waals surface area contributed by atoms with Gasteiger partial charge >= 0.3 is 29.6 Å². The number of allylic oxidation sites excluding steroid dienone is 2. The third kappa shape index (κ3) is 9.19. The SMILES string of the molecule is O=C(NCCOS(=O)[O-])c1ccc(CC(C(=O)Nc2ccc(-c3cc4ccccc4o3)cc2)c2ccc(C3=CCCCC3)cc2)cc1.[H-].[Na+]. The van der Waals surface area contributed by atoms with Crippen molar-refractivity contribution in [2.45, 2.75) is 38.0 Å². The zero-order chi connectivity index (χ0) is 32.6. The van der Waals surface area contributed by atoms with Crippen LogP contribution in [0.1, 0.15) is 60.1 Å². The molecule has 1 aliphatic rings. The Morgan fingerprint density at radius 1 is 0.917 bits per heavy atom. The van der Waals surface area contributed by atoms with Gasteiger partial charge in [0, 0.05) is 28.7 Å². The Balaban J connectivity index is 0.00000270. The van der Waals surface area contributed by atoms with Crippen molar-refractivity contribution in [3.8, 4) is 11.3 Å². The van der Waals surface area contributed by atoms with Gasteiger partial charge in [0.2, 0.25) is 5.91 Å². The summed E-state index contributed by atoms with van der Waals surface area (Å²) in [5, 5.41) is 6.77. The maximum Gasteiger partial charge on any atom is 1.00 e. The van der Waals surface area contributed by atoms with Gasteiger partial charge in [0.15, 0.2) is 0 Å². The minimum absolute atomic E-state index is 0. The van der Waals surface area contributed by atoms with E-state index in [9.17, 15) is 18.4 Å². The number of benzene rings is 4. The molecule has 2 atom stereocenters. The quantitative estimate of drug-likeness (QED) is 0.113. The molecule has 1 aliphatic carbocycles. The summed E-state index contributed by atoms with van der Waals surface area (Å²) in [4.78, 5) is 26.4. The Hall–Kier alpha value is -3.83. The number of furan rings is 1. The van der Waals surface area contributed by atoms with E-state index < -0.39 is 17.3 Å². The van der Waals surface area contributed by atoms with Crippen LogP contribution in [0.25, 0.3) is 27.9 Å². The molecule has 0 bridgehead atoms. The van der Waals surface area contributed by atoms with Crippen molar-refractivity contribution in [1.29, 1.82) is 0 Å². The Bertz CT molecular complexity index is 1880. The van der Waals surface area contributed by atoms with E-state index in [1.807, 2.05) is 78.9 Å². The molecule has 1 heterocycles. The van der Waals surface area contributed by atoms with E-state index in [-0.39, 0.29) is 55.9 Å². The number of para-hydroxylation sites is 1. The molecule has 0 spiro atoms. The minimum Gasteiger partial charge on any atom is -1.00 e. The van der Waals surface area contributed by atoms with Crippen molar-refractivity contribution in [1.82, 2.24) is 5.32 Å². The first-order chi connectivity index (χ1) is 22.9. The normalized spacial score (nSPS) is 14.0. The summed E-state index contributed by atoms with van der Waals surface area (Å²) in [5.74, 6) is -0.197. The van der Waals surface area contributed by atoms with Gasteiger partial charge in [-0.1, -0.05) is 60.7 Å². The predicted molar refractivity (Wildman–Crippen MR) is 184 cm³/mol. The number of carbonyl (C=O) groups is 2. The van der Waals surface area contributed by atoms with Gasteiger partial charge in [0.1, 0.15) is 11.3 Å². The van der Waals surface area contributed by atoms with Gasteiger partial charge in [-0.3, -0.25) is 13.8 Å². The summed E-state index contributed by atoms with van der Waals surface area (Å²) in [6, 6.07) is 32.9. The molecule has 5 aromatic rings. The number of hydrogen-bond donors (Lipinski definition) is 2. The molecule has 48 heavy (non-hydrogen) atoms. The van der Waals surface area contributed by atoms with Gasteiger partial charge in [-0.05, 0) is 103 Å². The van der Waals surface area contributed by atoms with E-state index in [1.54, 1.807) is 12.1 Å². The molecule has 0 saturated heterocycles. The Morgan fingerprint density at radius 2 is 1.65 bits per heavy atom. The third-order valence-corrected chi connectivity index (χ3v) is 8.74. The fraction of sp³-hybridized carbons (Fsp3) is 0.211. The standard InChI is InChI=1S/C38H36N2O6S.Na.H/c41-37(39-22-23-45-47(43)44)31-12-10-26(11-13-31)24-34(29-16-14-28(15-17-29)27-6-2-1-3-7-27)38(42)40-33-20-18-30(19-21-33)36-25-32-8-4-5-9-35(32)46-36;;/h4-6,8-21,25,34H,1-3,7,22-24H2,(H,39,41)(H,40,42)(H,43,44);;/q;+1;-1/p-1. The summed E-state index contributed by atoms with van der Waals surface area (Å²) < 4.78 is 31.5.